The number of nitriles is 2. The maximum absolute atomic E-state index is 13.9. The fraction of sp³-hybridized carbons (Fsp3) is 0.421. The van der Waals surface area contributed by atoms with Crippen molar-refractivity contribution < 1.29 is 40.3 Å². The molecule has 2 aliphatic rings. The number of halogens is 3. The summed E-state index contributed by atoms with van der Waals surface area (Å²) in [4.78, 5) is 26.6. The number of hydrogen-bond donors (Lipinski definition) is 1. The van der Waals surface area contributed by atoms with Crippen molar-refractivity contribution in [3.05, 3.63) is 81.6 Å². The minimum Gasteiger partial charge on any atom is -0.444 e. The number of carbonyl (C=O) groups is 2. The average Bonchev–Trinajstić information content (AvgIpc) is 3.13. The lowest BCUT2D eigenvalue weighted by Crippen LogP contribution is -2.51. The van der Waals surface area contributed by atoms with Crippen LogP contribution >= 0.6 is 23.2 Å². The molecule has 0 unspecified atom stereocenters. The van der Waals surface area contributed by atoms with Gasteiger partial charge in [0.2, 0.25) is 20.0 Å². The van der Waals surface area contributed by atoms with Gasteiger partial charge in [0, 0.05) is 68.1 Å². The van der Waals surface area contributed by atoms with Crippen LogP contribution in [-0.2, 0) is 29.5 Å². The fourth-order valence-electron chi connectivity index (χ4n) is 5.61. The van der Waals surface area contributed by atoms with Crippen LogP contribution < -0.4 is 5.32 Å². The van der Waals surface area contributed by atoms with E-state index in [2.05, 4.69) is 5.32 Å². The number of rotatable bonds is 6. The number of nitrogens with one attached hydrogen (secondary N) is 1. The van der Waals surface area contributed by atoms with Crippen LogP contribution in [0.3, 0.4) is 0 Å². The number of hydrogen-bond acceptors (Lipinski definition) is 11. The second kappa shape index (κ2) is 18.5. The number of carbonyl (C=O) groups excluding carboxylic acids is 2. The minimum absolute atomic E-state index is 0.0256. The summed E-state index contributed by atoms with van der Waals surface area (Å²) < 4.78 is 79.2. The molecule has 0 spiro atoms. The third-order valence-corrected chi connectivity index (χ3v) is 12.6. The quantitative estimate of drug-likeness (QED) is 0.274. The Morgan fingerprint density at radius 2 is 1.05 bits per heavy atom. The summed E-state index contributed by atoms with van der Waals surface area (Å²) in [6.07, 6.45) is -0.992. The molecule has 0 aromatic heterocycles. The molecule has 0 aliphatic carbocycles. The summed E-state index contributed by atoms with van der Waals surface area (Å²) in [7, 11) is -8.06. The molecule has 312 valence electrons. The maximum atomic E-state index is 13.9. The van der Waals surface area contributed by atoms with Crippen molar-refractivity contribution in [2.24, 2.45) is 0 Å². The highest BCUT2D eigenvalue weighted by molar-refractivity contribution is 7.89. The van der Waals surface area contributed by atoms with Crippen LogP contribution in [0.15, 0.2) is 64.4 Å². The molecule has 1 N–H and O–H groups in total. The highest BCUT2D eigenvalue weighted by atomic mass is 35.5. The Bertz CT molecular complexity index is 2300. The van der Waals surface area contributed by atoms with E-state index in [9.17, 15) is 36.1 Å². The first kappa shape index (κ1) is 46.0. The van der Waals surface area contributed by atoms with E-state index in [0.717, 1.165) is 16.4 Å². The molecule has 58 heavy (non-hydrogen) atoms. The van der Waals surface area contributed by atoms with Crippen LogP contribution in [0.4, 0.5) is 25.4 Å². The van der Waals surface area contributed by atoms with Gasteiger partial charge < -0.3 is 24.6 Å². The van der Waals surface area contributed by atoms with Crippen LogP contribution in [0.1, 0.15) is 52.7 Å². The summed E-state index contributed by atoms with van der Waals surface area (Å²) in [5, 5.41) is 22.0. The Morgan fingerprint density at radius 1 is 0.655 bits per heavy atom. The summed E-state index contributed by atoms with van der Waals surface area (Å²) >= 11 is 12.1. The summed E-state index contributed by atoms with van der Waals surface area (Å²) in [5.41, 5.74) is -0.225. The van der Waals surface area contributed by atoms with Crippen molar-refractivity contribution in [3.8, 4) is 12.1 Å². The molecule has 15 nitrogen and oxygen atoms in total. The molecule has 0 bridgehead atoms. The van der Waals surface area contributed by atoms with Gasteiger partial charge in [0.15, 0.2) is 0 Å². The van der Waals surface area contributed by atoms with Crippen molar-refractivity contribution in [2.45, 2.75) is 62.5 Å². The van der Waals surface area contributed by atoms with E-state index >= 15 is 0 Å². The van der Waals surface area contributed by atoms with Gasteiger partial charge in [-0.15, -0.1) is 0 Å². The largest absolute Gasteiger partial charge is 0.444 e. The van der Waals surface area contributed by atoms with Gasteiger partial charge in [0.05, 0.1) is 29.0 Å². The second-order valence-electron chi connectivity index (χ2n) is 15.1. The summed E-state index contributed by atoms with van der Waals surface area (Å²) in [6, 6.07) is 16.1. The van der Waals surface area contributed by atoms with Gasteiger partial charge in [-0.25, -0.2) is 30.8 Å². The zero-order valence-corrected chi connectivity index (χ0v) is 35.9. The maximum Gasteiger partial charge on any atom is 0.410 e. The van der Waals surface area contributed by atoms with Crippen LogP contribution in [0, 0.1) is 28.5 Å². The Hall–Kier alpha value is -4.69. The van der Waals surface area contributed by atoms with Crippen molar-refractivity contribution in [3.63, 3.8) is 0 Å². The molecule has 0 radical (unpaired) electrons. The summed E-state index contributed by atoms with van der Waals surface area (Å²) in [5.74, 6) is -0.909. The number of benzene rings is 3. The SMILES string of the molecule is CC(C)(C)OC(=O)N1CCN(S(=O)(=O)c2cc(C#N)ccc2F)CC1.CC(C)(C)OC(=O)N1CCN(S(=O)(=O)c2cc(C#N)ccc2Nc2cc(Cl)cc(Cl)c2)CC1. The standard InChI is InChI=1S/C22H24Cl2N4O4S.C16H20FN3O4S/c1-22(2,3)32-21(29)27-6-8-28(9-7-27)33(30,31)20-10-15(14-25)4-5-19(20)26-18-12-16(23)11-17(24)13-18;1-16(2,3)24-15(21)19-6-8-20(9-7-19)25(22,23)14-10-12(11-18)4-5-13(14)17/h4-5,10-13,26H,6-9H2,1-3H3;4-5,10H,6-9H2,1-3H3. The summed E-state index contributed by atoms with van der Waals surface area (Å²) in [6.45, 7) is 11.5. The van der Waals surface area contributed by atoms with E-state index < -0.39 is 54.1 Å². The normalized spacial score (nSPS) is 15.6. The third kappa shape index (κ3) is 12.2. The van der Waals surface area contributed by atoms with Gasteiger partial charge in [0.1, 0.15) is 26.8 Å². The first-order chi connectivity index (χ1) is 26.9. The first-order valence-corrected chi connectivity index (χ1v) is 21.5. The van der Waals surface area contributed by atoms with Crippen molar-refractivity contribution in [2.75, 3.05) is 57.7 Å². The number of anilines is 2. The minimum atomic E-state index is -4.08. The lowest BCUT2D eigenvalue weighted by molar-refractivity contribution is 0.0183. The zero-order valence-electron chi connectivity index (χ0n) is 32.8. The first-order valence-electron chi connectivity index (χ1n) is 17.9. The smallest absolute Gasteiger partial charge is 0.410 e. The zero-order chi connectivity index (χ0) is 43.2. The van der Waals surface area contributed by atoms with Crippen LogP contribution in [-0.4, -0.2) is 111 Å². The number of nitrogens with zero attached hydrogens (tertiary/aromatic N) is 6. The molecule has 0 atom stereocenters. The van der Waals surface area contributed by atoms with E-state index in [1.807, 2.05) is 6.07 Å². The highest BCUT2D eigenvalue weighted by Crippen LogP contribution is 2.32. The molecule has 2 aliphatic heterocycles. The third-order valence-electron chi connectivity index (χ3n) is 8.33. The Balaban J connectivity index is 0.000000267. The molecule has 3 aromatic carbocycles. The van der Waals surface area contributed by atoms with Gasteiger partial charge in [-0.2, -0.15) is 19.1 Å². The van der Waals surface area contributed by atoms with E-state index in [1.165, 1.54) is 38.4 Å². The predicted molar refractivity (Wildman–Crippen MR) is 215 cm³/mol. The molecule has 2 amide bonds. The molecule has 5 rings (SSSR count). The van der Waals surface area contributed by atoms with Crippen LogP contribution in [0.2, 0.25) is 10.0 Å². The van der Waals surface area contributed by atoms with Gasteiger partial charge in [0.25, 0.3) is 0 Å². The van der Waals surface area contributed by atoms with E-state index in [1.54, 1.807) is 65.8 Å². The van der Waals surface area contributed by atoms with Crippen molar-refractivity contribution in [1.29, 1.82) is 10.5 Å². The monoisotopic (exact) mass is 879 g/mol. The highest BCUT2D eigenvalue weighted by Gasteiger charge is 2.35. The Kier molecular flexibility index (Phi) is 14.7. The average molecular weight is 881 g/mol. The topological polar surface area (TPSA) is 193 Å². The van der Waals surface area contributed by atoms with Gasteiger partial charge in [-0.05, 0) is 96.1 Å². The molecule has 2 heterocycles. The van der Waals surface area contributed by atoms with E-state index in [0.29, 0.717) is 15.7 Å². The molecule has 20 heteroatoms. The number of piperazine rings is 2. The van der Waals surface area contributed by atoms with Gasteiger partial charge >= 0.3 is 12.2 Å². The van der Waals surface area contributed by atoms with Crippen molar-refractivity contribution in [1.82, 2.24) is 18.4 Å². The number of sulfonamides is 2. The lowest BCUT2D eigenvalue weighted by atomic mass is 10.2. The lowest BCUT2D eigenvalue weighted by Gasteiger charge is -2.35. The molecule has 0 saturated carbocycles. The Morgan fingerprint density at radius 3 is 1.47 bits per heavy atom. The van der Waals surface area contributed by atoms with E-state index in [-0.39, 0.29) is 74.1 Å². The van der Waals surface area contributed by atoms with Gasteiger partial charge in [-0.1, -0.05) is 23.2 Å². The van der Waals surface area contributed by atoms with Crippen LogP contribution in [0.25, 0.3) is 0 Å². The van der Waals surface area contributed by atoms with E-state index in [4.69, 9.17) is 37.9 Å². The van der Waals surface area contributed by atoms with Crippen LogP contribution in [0.5, 0.6) is 0 Å². The molecule has 2 fully saturated rings. The van der Waals surface area contributed by atoms with Crippen molar-refractivity contribution >= 4 is 66.8 Å². The van der Waals surface area contributed by atoms with Gasteiger partial charge in [-0.3, -0.25) is 0 Å². The molecule has 3 aromatic rings. The molecule has 2 saturated heterocycles. The second-order valence-corrected chi connectivity index (χ2v) is 19.8. The Labute approximate surface area is 348 Å². The predicted octanol–water partition coefficient (Wildman–Crippen LogP) is 6.79. The number of amides is 2. The molecular weight excluding hydrogens is 836 g/mol. The number of ether oxygens (including phenoxy) is 2. The molecular formula is C38H44Cl2FN7O8S2. The fourth-order valence-corrected chi connectivity index (χ4v) is 9.25.